The summed E-state index contributed by atoms with van der Waals surface area (Å²) in [4.78, 5) is 21.7. The zero-order chi connectivity index (χ0) is 16.1. The molecule has 0 saturated heterocycles. The van der Waals surface area contributed by atoms with Crippen molar-refractivity contribution in [1.29, 1.82) is 0 Å². The number of hydrogen-bond donors (Lipinski definition) is 1. The molecule has 2 aromatic rings. The van der Waals surface area contributed by atoms with E-state index in [1.165, 1.54) is 17.3 Å². The summed E-state index contributed by atoms with van der Waals surface area (Å²) in [6.45, 7) is 0.384. The fourth-order valence-corrected chi connectivity index (χ4v) is 2.02. The SMILES string of the molecule is COc1ccc(CN(C)C(=O)c2nccnc2N)cc1OC. The molecule has 1 aromatic heterocycles. The highest BCUT2D eigenvalue weighted by Gasteiger charge is 2.17. The number of nitrogens with zero attached hydrogens (tertiary/aromatic N) is 3. The van der Waals surface area contributed by atoms with Gasteiger partial charge in [-0.2, -0.15) is 0 Å². The summed E-state index contributed by atoms with van der Waals surface area (Å²) in [6, 6.07) is 5.48. The van der Waals surface area contributed by atoms with E-state index in [2.05, 4.69) is 9.97 Å². The molecule has 2 rings (SSSR count). The van der Waals surface area contributed by atoms with Crippen LogP contribution in [0.25, 0.3) is 0 Å². The van der Waals surface area contributed by atoms with E-state index in [4.69, 9.17) is 15.2 Å². The second kappa shape index (κ2) is 6.75. The maximum atomic E-state index is 12.3. The van der Waals surface area contributed by atoms with Gasteiger partial charge in [-0.3, -0.25) is 4.79 Å². The number of methoxy groups -OCH3 is 2. The van der Waals surface area contributed by atoms with Gasteiger partial charge in [0.15, 0.2) is 23.0 Å². The average Bonchev–Trinajstić information content (AvgIpc) is 2.54. The highest BCUT2D eigenvalue weighted by Crippen LogP contribution is 2.28. The minimum absolute atomic E-state index is 0.117. The van der Waals surface area contributed by atoms with E-state index in [-0.39, 0.29) is 17.4 Å². The molecule has 1 amide bonds. The molecular formula is C15H18N4O3. The van der Waals surface area contributed by atoms with Crippen LogP contribution in [0.15, 0.2) is 30.6 Å². The molecule has 0 unspecified atom stereocenters. The van der Waals surface area contributed by atoms with Gasteiger partial charge < -0.3 is 20.1 Å². The van der Waals surface area contributed by atoms with E-state index < -0.39 is 0 Å². The predicted molar refractivity (Wildman–Crippen MR) is 81.8 cm³/mol. The molecule has 1 aromatic carbocycles. The van der Waals surface area contributed by atoms with Crippen molar-refractivity contribution >= 4 is 11.7 Å². The lowest BCUT2D eigenvalue weighted by molar-refractivity contribution is 0.0780. The van der Waals surface area contributed by atoms with E-state index in [1.807, 2.05) is 12.1 Å². The topological polar surface area (TPSA) is 90.6 Å². The number of aromatic nitrogens is 2. The smallest absolute Gasteiger partial charge is 0.276 e. The number of nitrogens with two attached hydrogens (primary N) is 1. The second-order valence-electron chi connectivity index (χ2n) is 4.64. The van der Waals surface area contributed by atoms with Gasteiger partial charge in [0.25, 0.3) is 5.91 Å². The van der Waals surface area contributed by atoms with Crippen molar-refractivity contribution in [2.75, 3.05) is 27.0 Å². The summed E-state index contributed by atoms with van der Waals surface area (Å²) in [6.07, 6.45) is 2.88. The molecular weight excluding hydrogens is 284 g/mol. The van der Waals surface area contributed by atoms with Crippen LogP contribution in [0.3, 0.4) is 0 Å². The molecule has 7 heteroatoms. The monoisotopic (exact) mass is 302 g/mol. The Morgan fingerprint density at radius 1 is 1.18 bits per heavy atom. The lowest BCUT2D eigenvalue weighted by Gasteiger charge is -2.18. The second-order valence-corrected chi connectivity index (χ2v) is 4.64. The Hall–Kier alpha value is -2.83. The molecule has 0 fully saturated rings. The van der Waals surface area contributed by atoms with Crippen LogP contribution in [-0.4, -0.2) is 42.0 Å². The Morgan fingerprint density at radius 2 is 1.86 bits per heavy atom. The van der Waals surface area contributed by atoms with Crippen LogP contribution in [0, 0.1) is 0 Å². The quantitative estimate of drug-likeness (QED) is 0.896. The fraction of sp³-hybridized carbons (Fsp3) is 0.267. The summed E-state index contributed by atoms with van der Waals surface area (Å²) in [7, 11) is 4.81. The first-order valence-corrected chi connectivity index (χ1v) is 6.59. The molecule has 0 saturated carbocycles. The van der Waals surface area contributed by atoms with Gasteiger partial charge in [-0.05, 0) is 17.7 Å². The van der Waals surface area contributed by atoms with E-state index in [0.717, 1.165) is 5.56 Å². The van der Waals surface area contributed by atoms with E-state index in [0.29, 0.717) is 18.0 Å². The van der Waals surface area contributed by atoms with Gasteiger partial charge in [0.05, 0.1) is 14.2 Å². The van der Waals surface area contributed by atoms with Crippen molar-refractivity contribution in [1.82, 2.24) is 14.9 Å². The zero-order valence-electron chi connectivity index (χ0n) is 12.7. The molecule has 116 valence electrons. The zero-order valence-corrected chi connectivity index (χ0v) is 12.7. The highest BCUT2D eigenvalue weighted by molar-refractivity contribution is 5.96. The number of amides is 1. The fourth-order valence-electron chi connectivity index (χ4n) is 2.02. The van der Waals surface area contributed by atoms with Gasteiger partial charge in [-0.1, -0.05) is 6.07 Å². The molecule has 2 N–H and O–H groups in total. The average molecular weight is 302 g/mol. The van der Waals surface area contributed by atoms with Crippen molar-refractivity contribution in [3.8, 4) is 11.5 Å². The third-order valence-corrected chi connectivity index (χ3v) is 3.14. The van der Waals surface area contributed by atoms with Crippen LogP contribution in [0.1, 0.15) is 16.1 Å². The molecule has 1 heterocycles. The Kier molecular flexibility index (Phi) is 4.77. The van der Waals surface area contributed by atoms with Crippen molar-refractivity contribution < 1.29 is 14.3 Å². The van der Waals surface area contributed by atoms with E-state index >= 15 is 0 Å². The van der Waals surface area contributed by atoms with Gasteiger partial charge in [0.2, 0.25) is 0 Å². The number of carbonyl (C=O) groups excluding carboxylic acids is 1. The summed E-state index contributed by atoms with van der Waals surface area (Å²) < 4.78 is 10.4. The van der Waals surface area contributed by atoms with Crippen LogP contribution in [0.2, 0.25) is 0 Å². The van der Waals surface area contributed by atoms with Gasteiger partial charge in [-0.15, -0.1) is 0 Å². The lowest BCUT2D eigenvalue weighted by atomic mass is 10.2. The standard InChI is InChI=1S/C15H18N4O3/c1-19(15(20)13-14(16)18-7-6-17-13)9-10-4-5-11(21-2)12(8-10)22-3/h4-8H,9H2,1-3H3,(H2,16,18). The normalized spacial score (nSPS) is 10.1. The number of benzene rings is 1. The number of nitrogen functional groups attached to an aromatic ring is 1. The van der Waals surface area contributed by atoms with Crippen molar-refractivity contribution in [2.24, 2.45) is 0 Å². The summed E-state index contributed by atoms with van der Waals surface area (Å²) in [5, 5.41) is 0. The third kappa shape index (κ3) is 3.25. The minimum atomic E-state index is -0.291. The van der Waals surface area contributed by atoms with E-state index in [9.17, 15) is 4.79 Å². The maximum Gasteiger partial charge on any atom is 0.276 e. The Morgan fingerprint density at radius 3 is 2.50 bits per heavy atom. The van der Waals surface area contributed by atoms with Crippen LogP contribution in [0.5, 0.6) is 11.5 Å². The lowest BCUT2D eigenvalue weighted by Crippen LogP contribution is -2.28. The molecule has 7 nitrogen and oxygen atoms in total. The number of hydrogen-bond acceptors (Lipinski definition) is 6. The first-order chi connectivity index (χ1) is 10.6. The van der Waals surface area contributed by atoms with Crippen molar-refractivity contribution in [3.63, 3.8) is 0 Å². The number of anilines is 1. The van der Waals surface area contributed by atoms with Crippen LogP contribution < -0.4 is 15.2 Å². The molecule has 0 aliphatic heterocycles. The summed E-state index contributed by atoms with van der Waals surface area (Å²) in [5.74, 6) is 1.07. The van der Waals surface area contributed by atoms with Crippen molar-refractivity contribution in [2.45, 2.75) is 6.54 Å². The van der Waals surface area contributed by atoms with Crippen LogP contribution >= 0.6 is 0 Å². The molecule has 0 bridgehead atoms. The predicted octanol–water partition coefficient (Wildman–Crippen LogP) is 1.35. The Bertz CT molecular complexity index is 676. The summed E-state index contributed by atoms with van der Waals surface area (Å²) in [5.41, 5.74) is 6.72. The minimum Gasteiger partial charge on any atom is -0.493 e. The molecule has 0 aliphatic carbocycles. The molecule has 0 spiro atoms. The van der Waals surface area contributed by atoms with Gasteiger partial charge in [-0.25, -0.2) is 9.97 Å². The molecule has 0 aliphatic rings. The van der Waals surface area contributed by atoms with E-state index in [1.54, 1.807) is 27.3 Å². The first kappa shape index (κ1) is 15.6. The first-order valence-electron chi connectivity index (χ1n) is 6.59. The maximum absolute atomic E-state index is 12.3. The number of carbonyl (C=O) groups is 1. The van der Waals surface area contributed by atoms with Gasteiger partial charge in [0.1, 0.15) is 0 Å². The Balaban J connectivity index is 2.17. The molecule has 0 atom stereocenters. The molecule has 22 heavy (non-hydrogen) atoms. The third-order valence-electron chi connectivity index (χ3n) is 3.14. The molecule has 0 radical (unpaired) electrons. The largest absolute Gasteiger partial charge is 0.493 e. The number of ether oxygens (including phenoxy) is 2. The van der Waals surface area contributed by atoms with Crippen molar-refractivity contribution in [3.05, 3.63) is 41.9 Å². The van der Waals surface area contributed by atoms with Gasteiger partial charge in [0, 0.05) is 26.0 Å². The highest BCUT2D eigenvalue weighted by atomic mass is 16.5. The van der Waals surface area contributed by atoms with Gasteiger partial charge >= 0.3 is 0 Å². The summed E-state index contributed by atoms with van der Waals surface area (Å²) >= 11 is 0. The number of rotatable bonds is 5. The van der Waals surface area contributed by atoms with Crippen LogP contribution in [-0.2, 0) is 6.54 Å². The Labute approximate surface area is 128 Å². The van der Waals surface area contributed by atoms with Crippen LogP contribution in [0.4, 0.5) is 5.82 Å².